The Morgan fingerprint density at radius 2 is 1.55 bits per heavy atom. The van der Waals surface area contributed by atoms with E-state index in [1.54, 1.807) is 25.2 Å². The van der Waals surface area contributed by atoms with Gasteiger partial charge in [-0.2, -0.15) is 4.31 Å². The first-order chi connectivity index (χ1) is 13.8. The smallest absolute Gasteiger partial charge is 0.272 e. The Kier molecular flexibility index (Phi) is 6.49. The molecule has 0 bridgehead atoms. The molecule has 2 aromatic rings. The predicted molar refractivity (Wildman–Crippen MR) is 110 cm³/mol. The summed E-state index contributed by atoms with van der Waals surface area (Å²) in [4.78, 5) is 12.9. The number of hydrogen-bond donors (Lipinski definition) is 1. The van der Waals surface area contributed by atoms with Crippen molar-refractivity contribution in [2.24, 2.45) is 7.05 Å². The van der Waals surface area contributed by atoms with Crippen molar-refractivity contribution in [3.8, 4) is 11.5 Å². The van der Waals surface area contributed by atoms with Crippen molar-refractivity contribution in [3.63, 3.8) is 0 Å². The van der Waals surface area contributed by atoms with E-state index in [1.807, 2.05) is 0 Å². The highest BCUT2D eigenvalue weighted by Crippen LogP contribution is 2.27. The lowest BCUT2D eigenvalue weighted by Crippen LogP contribution is -2.31. The fraction of sp³-hybridized carbons (Fsp3) is 0.450. The average Bonchev–Trinajstić information content (AvgIpc) is 2.92. The van der Waals surface area contributed by atoms with Crippen LogP contribution in [-0.4, -0.2) is 50.5 Å². The molecule has 3 rings (SSSR count). The molecule has 1 fully saturated rings. The van der Waals surface area contributed by atoms with E-state index in [-0.39, 0.29) is 10.6 Å². The topological polar surface area (TPSA) is 89.9 Å². The quantitative estimate of drug-likeness (QED) is 0.775. The number of nitrogens with zero attached hydrogens (tertiary/aromatic N) is 2. The van der Waals surface area contributed by atoms with E-state index in [0.717, 1.165) is 25.7 Å². The second-order valence-corrected chi connectivity index (χ2v) is 8.98. The number of anilines is 1. The lowest BCUT2D eigenvalue weighted by Gasteiger charge is -2.18. The number of hydrogen-bond acceptors (Lipinski definition) is 5. The van der Waals surface area contributed by atoms with Crippen molar-refractivity contribution < 1.29 is 22.7 Å². The zero-order valence-electron chi connectivity index (χ0n) is 17.0. The molecule has 9 heteroatoms. The highest BCUT2D eigenvalue weighted by molar-refractivity contribution is 7.89. The van der Waals surface area contributed by atoms with E-state index in [0.29, 0.717) is 30.3 Å². The molecule has 0 unspecified atom stereocenters. The maximum atomic E-state index is 13.0. The molecule has 8 nitrogen and oxygen atoms in total. The summed E-state index contributed by atoms with van der Waals surface area (Å²) in [7, 11) is 1.08. The number of methoxy groups -OCH3 is 2. The number of amides is 1. The lowest BCUT2D eigenvalue weighted by molar-refractivity contribution is 0.101. The van der Waals surface area contributed by atoms with E-state index in [1.165, 1.54) is 35.4 Å². The summed E-state index contributed by atoms with van der Waals surface area (Å²) in [6, 6.07) is 6.45. The first-order valence-electron chi connectivity index (χ1n) is 9.56. The Bertz CT molecular complexity index is 954. The second kappa shape index (κ2) is 8.87. The van der Waals surface area contributed by atoms with Crippen LogP contribution in [0.25, 0.3) is 0 Å². The number of benzene rings is 1. The molecular formula is C20H27N3O5S. The maximum absolute atomic E-state index is 13.0. The Morgan fingerprint density at radius 1 is 0.966 bits per heavy atom. The van der Waals surface area contributed by atoms with Gasteiger partial charge in [0.2, 0.25) is 10.0 Å². The SMILES string of the molecule is COc1cc(NC(=O)c2cc(S(=O)(=O)N3CCCCCC3)cn2C)cc(OC)c1. The van der Waals surface area contributed by atoms with Crippen molar-refractivity contribution in [2.75, 3.05) is 32.6 Å². The van der Waals surface area contributed by atoms with Gasteiger partial charge in [-0.1, -0.05) is 12.8 Å². The van der Waals surface area contributed by atoms with Gasteiger partial charge in [0.25, 0.3) is 5.91 Å². The van der Waals surface area contributed by atoms with E-state index in [2.05, 4.69) is 5.32 Å². The summed E-state index contributed by atoms with van der Waals surface area (Å²) in [5, 5.41) is 2.77. The molecule has 0 atom stereocenters. The number of ether oxygens (including phenoxy) is 2. The largest absolute Gasteiger partial charge is 0.497 e. The molecule has 0 aliphatic carbocycles. The molecule has 1 N–H and O–H groups in total. The van der Waals surface area contributed by atoms with Crippen LogP contribution in [0, 0.1) is 0 Å². The lowest BCUT2D eigenvalue weighted by atomic mass is 10.2. The summed E-state index contributed by atoms with van der Waals surface area (Å²) < 4.78 is 39.5. The van der Waals surface area contributed by atoms with Gasteiger partial charge in [0, 0.05) is 50.2 Å². The Hall–Kier alpha value is -2.52. The maximum Gasteiger partial charge on any atom is 0.272 e. The van der Waals surface area contributed by atoms with Crippen molar-refractivity contribution in [3.05, 3.63) is 36.2 Å². The van der Waals surface area contributed by atoms with E-state index >= 15 is 0 Å². The zero-order valence-corrected chi connectivity index (χ0v) is 17.8. The summed E-state index contributed by atoms with van der Waals surface area (Å²) in [5.41, 5.74) is 0.740. The number of nitrogens with one attached hydrogen (secondary N) is 1. The first kappa shape index (κ1) is 21.2. The number of rotatable bonds is 6. The van der Waals surface area contributed by atoms with Gasteiger partial charge >= 0.3 is 0 Å². The Morgan fingerprint density at radius 3 is 2.10 bits per heavy atom. The third-order valence-corrected chi connectivity index (χ3v) is 6.89. The number of carbonyl (C=O) groups is 1. The van der Waals surface area contributed by atoms with Crippen LogP contribution in [0.1, 0.15) is 36.2 Å². The van der Waals surface area contributed by atoms with Crippen LogP contribution in [-0.2, 0) is 17.1 Å². The van der Waals surface area contributed by atoms with Crippen molar-refractivity contribution in [1.29, 1.82) is 0 Å². The molecule has 29 heavy (non-hydrogen) atoms. The van der Waals surface area contributed by atoms with Gasteiger partial charge in [-0.15, -0.1) is 0 Å². The highest BCUT2D eigenvalue weighted by Gasteiger charge is 2.28. The summed E-state index contributed by atoms with van der Waals surface area (Å²) in [6.45, 7) is 1.03. The minimum atomic E-state index is -3.62. The normalized spacial score (nSPS) is 15.6. The van der Waals surface area contributed by atoms with Gasteiger partial charge in [-0.25, -0.2) is 8.42 Å². The van der Waals surface area contributed by atoms with E-state index < -0.39 is 15.9 Å². The molecule has 2 heterocycles. The first-order valence-corrected chi connectivity index (χ1v) is 11.0. The molecule has 1 saturated heterocycles. The van der Waals surface area contributed by atoms with Crippen molar-refractivity contribution in [1.82, 2.24) is 8.87 Å². The molecule has 0 saturated carbocycles. The minimum Gasteiger partial charge on any atom is -0.497 e. The molecule has 1 aromatic heterocycles. The van der Waals surface area contributed by atoms with E-state index in [9.17, 15) is 13.2 Å². The zero-order chi connectivity index (χ0) is 21.0. The van der Waals surface area contributed by atoms with Crippen LogP contribution in [0.5, 0.6) is 11.5 Å². The Balaban J connectivity index is 1.83. The van der Waals surface area contributed by atoms with Gasteiger partial charge in [-0.3, -0.25) is 4.79 Å². The van der Waals surface area contributed by atoms with Crippen LogP contribution in [0.4, 0.5) is 5.69 Å². The minimum absolute atomic E-state index is 0.135. The van der Waals surface area contributed by atoms with Crippen LogP contribution in [0.15, 0.2) is 35.4 Å². The number of sulfonamides is 1. The number of carbonyl (C=O) groups excluding carboxylic acids is 1. The van der Waals surface area contributed by atoms with Gasteiger partial charge in [-0.05, 0) is 18.9 Å². The van der Waals surface area contributed by atoms with Crippen LogP contribution in [0.2, 0.25) is 0 Å². The predicted octanol–water partition coefficient (Wildman–Crippen LogP) is 2.86. The third-order valence-electron chi connectivity index (χ3n) is 5.02. The average molecular weight is 422 g/mol. The third kappa shape index (κ3) is 4.73. The van der Waals surface area contributed by atoms with Crippen LogP contribution >= 0.6 is 0 Å². The molecule has 1 aromatic carbocycles. The van der Waals surface area contributed by atoms with Crippen molar-refractivity contribution in [2.45, 2.75) is 30.6 Å². The molecular weight excluding hydrogens is 394 g/mol. The second-order valence-electron chi connectivity index (χ2n) is 7.05. The van der Waals surface area contributed by atoms with Gasteiger partial charge < -0.3 is 19.4 Å². The summed E-state index contributed by atoms with van der Waals surface area (Å²) >= 11 is 0. The van der Waals surface area contributed by atoms with E-state index in [4.69, 9.17) is 9.47 Å². The summed E-state index contributed by atoms with van der Waals surface area (Å²) in [5.74, 6) is 0.659. The molecule has 0 radical (unpaired) electrons. The summed E-state index contributed by atoms with van der Waals surface area (Å²) in [6.07, 6.45) is 5.28. The van der Waals surface area contributed by atoms with Crippen molar-refractivity contribution >= 4 is 21.6 Å². The monoisotopic (exact) mass is 421 g/mol. The molecule has 1 aliphatic rings. The standard InChI is InChI=1S/C20H27N3O5S/c1-22-14-18(29(25,26)23-8-6-4-5-7-9-23)13-19(22)20(24)21-15-10-16(27-2)12-17(11-15)28-3/h10-14H,4-9H2,1-3H3,(H,21,24). The molecule has 0 spiro atoms. The fourth-order valence-electron chi connectivity index (χ4n) is 3.41. The molecule has 158 valence electrons. The van der Waals surface area contributed by atoms with Gasteiger partial charge in [0.05, 0.1) is 14.2 Å². The fourth-order valence-corrected chi connectivity index (χ4v) is 5.00. The number of aryl methyl sites for hydroxylation is 1. The van der Waals surface area contributed by atoms with Crippen LogP contribution < -0.4 is 14.8 Å². The molecule has 1 aliphatic heterocycles. The van der Waals surface area contributed by atoms with Gasteiger partial charge in [0.15, 0.2) is 0 Å². The van der Waals surface area contributed by atoms with Crippen LogP contribution in [0.3, 0.4) is 0 Å². The Labute approximate surface area is 171 Å². The van der Waals surface area contributed by atoms with Gasteiger partial charge in [0.1, 0.15) is 22.1 Å². The molecule has 1 amide bonds. The highest BCUT2D eigenvalue weighted by atomic mass is 32.2. The number of aromatic nitrogens is 1.